The van der Waals surface area contributed by atoms with E-state index in [0.717, 1.165) is 12.8 Å². The Morgan fingerprint density at radius 2 is 1.81 bits per heavy atom. The topological polar surface area (TPSA) is 26.0 Å². The summed E-state index contributed by atoms with van der Waals surface area (Å²) in [5.41, 5.74) is 6.00. The Labute approximate surface area is 95.7 Å². The molecule has 0 aliphatic carbocycles. The molecule has 0 saturated heterocycles. The van der Waals surface area contributed by atoms with Crippen LogP contribution in [0.25, 0.3) is 0 Å². The molecule has 0 fully saturated rings. The first-order chi connectivity index (χ1) is 7.54. The Bertz CT molecular complexity index is 318. The lowest BCUT2D eigenvalue weighted by molar-refractivity contribution is 0.439. The molecule has 16 heavy (non-hydrogen) atoms. The Balaban J connectivity index is 2.66. The van der Waals surface area contributed by atoms with Gasteiger partial charge in [-0.15, -0.1) is 0 Å². The molecule has 2 atom stereocenters. The van der Waals surface area contributed by atoms with Crippen LogP contribution < -0.4 is 5.73 Å². The first-order valence-electron chi connectivity index (χ1n) is 5.73. The zero-order valence-corrected chi connectivity index (χ0v) is 9.84. The van der Waals surface area contributed by atoms with Gasteiger partial charge in [0.2, 0.25) is 0 Å². The highest BCUT2D eigenvalue weighted by Crippen LogP contribution is 2.17. The smallest absolute Gasteiger partial charge is 0.129 e. The minimum atomic E-state index is -0.500. The predicted molar refractivity (Wildman–Crippen MR) is 62.1 cm³/mol. The predicted octanol–water partition coefficient (Wildman–Crippen LogP) is 3.27. The van der Waals surface area contributed by atoms with Gasteiger partial charge in [-0.05, 0) is 30.9 Å². The molecule has 0 radical (unpaired) electrons. The Morgan fingerprint density at radius 3 is 2.31 bits per heavy atom. The fourth-order valence-corrected chi connectivity index (χ4v) is 1.76. The molecule has 0 amide bonds. The fraction of sp³-hybridized carbons (Fsp3) is 0.538. The summed E-state index contributed by atoms with van der Waals surface area (Å²) in [5.74, 6) is -0.510. The van der Waals surface area contributed by atoms with Gasteiger partial charge in [0.1, 0.15) is 11.6 Å². The zero-order chi connectivity index (χ0) is 12.1. The van der Waals surface area contributed by atoms with E-state index >= 15 is 0 Å². The minimum Gasteiger partial charge on any atom is -0.327 e. The van der Waals surface area contributed by atoms with E-state index in [2.05, 4.69) is 13.8 Å². The number of hydrogen-bond donors (Lipinski definition) is 1. The molecular weight excluding hydrogens is 208 g/mol. The molecule has 2 unspecified atom stereocenters. The molecule has 0 spiro atoms. The van der Waals surface area contributed by atoms with Gasteiger partial charge >= 0.3 is 0 Å². The normalized spacial score (nSPS) is 14.8. The first-order valence-corrected chi connectivity index (χ1v) is 5.73. The molecular formula is C13H19F2N. The number of rotatable bonds is 5. The molecule has 1 aromatic rings. The van der Waals surface area contributed by atoms with Crippen molar-refractivity contribution in [3.63, 3.8) is 0 Å². The third-order valence-electron chi connectivity index (χ3n) is 2.93. The van der Waals surface area contributed by atoms with E-state index in [1.165, 1.54) is 18.2 Å². The molecule has 2 N–H and O–H groups in total. The molecule has 0 heterocycles. The maximum absolute atomic E-state index is 13.3. The van der Waals surface area contributed by atoms with E-state index in [1.54, 1.807) is 0 Å². The number of nitrogens with two attached hydrogens (primary N) is 1. The molecule has 0 aliphatic rings. The molecule has 0 saturated carbocycles. The van der Waals surface area contributed by atoms with Crippen molar-refractivity contribution in [2.45, 2.75) is 39.2 Å². The van der Waals surface area contributed by atoms with Crippen molar-refractivity contribution in [1.29, 1.82) is 0 Å². The van der Waals surface area contributed by atoms with Gasteiger partial charge in [0.25, 0.3) is 0 Å². The molecule has 1 aromatic carbocycles. The maximum Gasteiger partial charge on any atom is 0.129 e. The lowest BCUT2D eigenvalue weighted by Crippen LogP contribution is -2.26. The van der Waals surface area contributed by atoms with Crippen molar-refractivity contribution >= 4 is 0 Å². The van der Waals surface area contributed by atoms with Crippen LogP contribution in [0.1, 0.15) is 32.3 Å². The van der Waals surface area contributed by atoms with Crippen LogP contribution in [-0.4, -0.2) is 6.04 Å². The van der Waals surface area contributed by atoms with E-state index in [4.69, 9.17) is 5.73 Å². The molecule has 3 heteroatoms. The Hall–Kier alpha value is -0.960. The lowest BCUT2D eigenvalue weighted by Gasteiger charge is -2.16. The fourth-order valence-electron chi connectivity index (χ4n) is 1.76. The number of benzene rings is 1. The molecule has 1 nitrogen and oxygen atoms in total. The van der Waals surface area contributed by atoms with Crippen LogP contribution in [0.2, 0.25) is 0 Å². The maximum atomic E-state index is 13.3. The highest BCUT2D eigenvalue weighted by atomic mass is 19.1. The summed E-state index contributed by atoms with van der Waals surface area (Å²) in [4.78, 5) is 0. The van der Waals surface area contributed by atoms with Gasteiger partial charge in [-0.1, -0.05) is 26.3 Å². The van der Waals surface area contributed by atoms with E-state index in [0.29, 0.717) is 5.92 Å². The van der Waals surface area contributed by atoms with Crippen molar-refractivity contribution in [3.05, 3.63) is 35.4 Å². The van der Waals surface area contributed by atoms with Gasteiger partial charge < -0.3 is 5.73 Å². The van der Waals surface area contributed by atoms with Gasteiger partial charge in [-0.25, -0.2) is 8.78 Å². The summed E-state index contributed by atoms with van der Waals surface area (Å²) in [6.45, 7) is 4.18. The van der Waals surface area contributed by atoms with Crippen LogP contribution in [0.3, 0.4) is 0 Å². The van der Waals surface area contributed by atoms with Crippen LogP contribution in [0.15, 0.2) is 18.2 Å². The van der Waals surface area contributed by atoms with Crippen molar-refractivity contribution in [2.24, 2.45) is 11.7 Å². The summed E-state index contributed by atoms with van der Waals surface area (Å²) in [7, 11) is 0. The summed E-state index contributed by atoms with van der Waals surface area (Å²) >= 11 is 0. The SMILES string of the molecule is CCC(C)CC(N)Cc1c(F)cccc1F. The molecule has 0 bridgehead atoms. The van der Waals surface area contributed by atoms with Gasteiger partial charge in [-0.3, -0.25) is 0 Å². The third kappa shape index (κ3) is 3.56. The summed E-state index contributed by atoms with van der Waals surface area (Å²) in [6.07, 6.45) is 2.10. The quantitative estimate of drug-likeness (QED) is 0.820. The second-order valence-corrected chi connectivity index (χ2v) is 4.41. The van der Waals surface area contributed by atoms with E-state index in [9.17, 15) is 8.78 Å². The van der Waals surface area contributed by atoms with Crippen LogP contribution in [0.4, 0.5) is 8.78 Å². The molecule has 0 aliphatic heterocycles. The summed E-state index contributed by atoms with van der Waals surface area (Å²) < 4.78 is 26.7. The average molecular weight is 227 g/mol. The van der Waals surface area contributed by atoms with Crippen LogP contribution in [0.5, 0.6) is 0 Å². The van der Waals surface area contributed by atoms with E-state index < -0.39 is 11.6 Å². The highest BCUT2D eigenvalue weighted by molar-refractivity contribution is 5.20. The van der Waals surface area contributed by atoms with Crippen molar-refractivity contribution in [3.8, 4) is 0 Å². The molecule has 90 valence electrons. The zero-order valence-electron chi connectivity index (χ0n) is 9.84. The van der Waals surface area contributed by atoms with Crippen LogP contribution in [-0.2, 0) is 6.42 Å². The second kappa shape index (κ2) is 5.94. The third-order valence-corrected chi connectivity index (χ3v) is 2.93. The average Bonchev–Trinajstić information content (AvgIpc) is 2.23. The number of hydrogen-bond acceptors (Lipinski definition) is 1. The van der Waals surface area contributed by atoms with Gasteiger partial charge in [0, 0.05) is 11.6 Å². The minimum absolute atomic E-state index is 0.110. The van der Waals surface area contributed by atoms with E-state index in [-0.39, 0.29) is 18.0 Å². The number of halogens is 2. The van der Waals surface area contributed by atoms with Gasteiger partial charge in [0.15, 0.2) is 0 Å². The first kappa shape index (κ1) is 13.1. The second-order valence-electron chi connectivity index (χ2n) is 4.41. The van der Waals surface area contributed by atoms with Crippen LogP contribution >= 0.6 is 0 Å². The van der Waals surface area contributed by atoms with Crippen molar-refractivity contribution in [1.82, 2.24) is 0 Å². The largest absolute Gasteiger partial charge is 0.327 e. The van der Waals surface area contributed by atoms with E-state index in [1.807, 2.05) is 0 Å². The van der Waals surface area contributed by atoms with Gasteiger partial charge in [0.05, 0.1) is 0 Å². The van der Waals surface area contributed by atoms with Gasteiger partial charge in [-0.2, -0.15) is 0 Å². The van der Waals surface area contributed by atoms with Crippen molar-refractivity contribution < 1.29 is 8.78 Å². The lowest BCUT2D eigenvalue weighted by atomic mass is 9.95. The van der Waals surface area contributed by atoms with Crippen molar-refractivity contribution in [2.75, 3.05) is 0 Å². The summed E-state index contributed by atoms with van der Waals surface area (Å²) in [5, 5.41) is 0. The summed E-state index contributed by atoms with van der Waals surface area (Å²) in [6, 6.07) is 3.73. The monoisotopic (exact) mass is 227 g/mol. The highest BCUT2D eigenvalue weighted by Gasteiger charge is 2.14. The Kier molecular flexibility index (Phi) is 4.87. The van der Waals surface area contributed by atoms with Crippen LogP contribution in [0, 0.1) is 17.6 Å². The molecule has 0 aromatic heterocycles. The molecule has 1 rings (SSSR count). The standard InChI is InChI=1S/C13H19F2N/c1-3-9(2)7-10(16)8-11-12(14)5-4-6-13(11)15/h4-6,9-10H,3,7-8,16H2,1-2H3. The Morgan fingerprint density at radius 1 is 1.25 bits per heavy atom.